The number of ether oxygens (including phenoxy) is 2. The molecule has 1 aliphatic heterocycles. The number of carboxylic acids is 1. The van der Waals surface area contributed by atoms with Crippen molar-refractivity contribution in [3.63, 3.8) is 0 Å². The van der Waals surface area contributed by atoms with Crippen LogP contribution in [0.1, 0.15) is 12.8 Å². The van der Waals surface area contributed by atoms with Gasteiger partial charge in [0.15, 0.2) is 0 Å². The van der Waals surface area contributed by atoms with Crippen molar-refractivity contribution in [3.05, 3.63) is 0 Å². The molecule has 0 aliphatic carbocycles. The van der Waals surface area contributed by atoms with Gasteiger partial charge in [0.25, 0.3) is 0 Å². The molecule has 0 aromatic rings. The van der Waals surface area contributed by atoms with Crippen molar-refractivity contribution in [2.24, 2.45) is 0 Å². The van der Waals surface area contributed by atoms with E-state index in [1.165, 1.54) is 7.11 Å². The van der Waals surface area contributed by atoms with E-state index in [1.54, 1.807) is 11.9 Å². The highest BCUT2D eigenvalue weighted by Crippen LogP contribution is 2.13. The highest BCUT2D eigenvalue weighted by atomic mass is 16.5. The Morgan fingerprint density at radius 3 is 2.93 bits per heavy atom. The van der Waals surface area contributed by atoms with Gasteiger partial charge >= 0.3 is 5.97 Å². The maximum Gasteiger partial charge on any atom is 0.323 e. The van der Waals surface area contributed by atoms with Gasteiger partial charge in [0.05, 0.1) is 12.7 Å². The number of likely N-dealkylation sites (N-methyl/N-ethyl adjacent to an activating group) is 1. The quantitative estimate of drug-likeness (QED) is 0.688. The number of carbonyl (C=O) groups is 1. The first kappa shape index (κ1) is 12.4. The molecule has 1 N–H and O–H groups in total. The molecular weight excluding hydrogens is 198 g/mol. The third-order valence-electron chi connectivity index (χ3n) is 2.66. The normalized spacial score (nSPS) is 23.3. The van der Waals surface area contributed by atoms with E-state index in [0.29, 0.717) is 6.54 Å². The highest BCUT2D eigenvalue weighted by Gasteiger charge is 2.26. The van der Waals surface area contributed by atoms with Crippen molar-refractivity contribution in [2.45, 2.75) is 25.0 Å². The summed E-state index contributed by atoms with van der Waals surface area (Å²) in [7, 11) is 3.30. The summed E-state index contributed by atoms with van der Waals surface area (Å²) < 4.78 is 10.3. The number of hydrogen-bond acceptors (Lipinski definition) is 4. The summed E-state index contributed by atoms with van der Waals surface area (Å²) in [5.41, 5.74) is 0. The van der Waals surface area contributed by atoms with Gasteiger partial charge in [0.2, 0.25) is 0 Å². The predicted octanol–water partition coefficient (Wildman–Crippen LogP) is 0.197. The molecule has 0 amide bonds. The van der Waals surface area contributed by atoms with Gasteiger partial charge in [-0.05, 0) is 19.9 Å². The Balaban J connectivity index is 2.40. The summed E-state index contributed by atoms with van der Waals surface area (Å²) in [5.74, 6) is -0.850. The van der Waals surface area contributed by atoms with E-state index in [9.17, 15) is 4.79 Å². The minimum atomic E-state index is -0.850. The molecule has 0 aromatic heterocycles. The molecule has 0 aromatic carbocycles. The Morgan fingerprint density at radius 2 is 2.47 bits per heavy atom. The number of rotatable bonds is 6. The predicted molar refractivity (Wildman–Crippen MR) is 54.9 cm³/mol. The summed E-state index contributed by atoms with van der Waals surface area (Å²) in [6.07, 6.45) is 2.26. The zero-order valence-electron chi connectivity index (χ0n) is 9.31. The Bertz CT molecular complexity index is 204. The molecule has 88 valence electrons. The lowest BCUT2D eigenvalue weighted by Crippen LogP contribution is -2.45. The van der Waals surface area contributed by atoms with E-state index >= 15 is 0 Å². The minimum Gasteiger partial charge on any atom is -0.480 e. The monoisotopic (exact) mass is 217 g/mol. The van der Waals surface area contributed by atoms with Gasteiger partial charge in [-0.25, -0.2) is 0 Å². The van der Waals surface area contributed by atoms with Gasteiger partial charge in [0, 0.05) is 20.3 Å². The van der Waals surface area contributed by atoms with Gasteiger partial charge in [0.1, 0.15) is 6.04 Å². The lowest BCUT2D eigenvalue weighted by Gasteiger charge is -2.26. The van der Waals surface area contributed by atoms with E-state index in [-0.39, 0.29) is 12.7 Å². The zero-order chi connectivity index (χ0) is 11.3. The fraction of sp³-hybridized carbons (Fsp3) is 0.900. The van der Waals surface area contributed by atoms with Crippen molar-refractivity contribution in [1.82, 2.24) is 4.90 Å². The lowest BCUT2D eigenvalue weighted by molar-refractivity contribution is -0.145. The van der Waals surface area contributed by atoms with Crippen molar-refractivity contribution in [3.8, 4) is 0 Å². The van der Waals surface area contributed by atoms with Crippen LogP contribution in [0.25, 0.3) is 0 Å². The van der Waals surface area contributed by atoms with Crippen LogP contribution < -0.4 is 0 Å². The smallest absolute Gasteiger partial charge is 0.323 e. The van der Waals surface area contributed by atoms with Crippen LogP contribution in [0.4, 0.5) is 0 Å². The van der Waals surface area contributed by atoms with Crippen molar-refractivity contribution < 1.29 is 19.4 Å². The largest absolute Gasteiger partial charge is 0.480 e. The topological polar surface area (TPSA) is 59.0 Å². The summed E-state index contributed by atoms with van der Waals surface area (Å²) in [4.78, 5) is 12.7. The van der Waals surface area contributed by atoms with Crippen LogP contribution in [0.3, 0.4) is 0 Å². The minimum absolute atomic E-state index is 0.175. The third-order valence-corrected chi connectivity index (χ3v) is 2.66. The van der Waals surface area contributed by atoms with E-state index < -0.39 is 12.0 Å². The molecule has 2 atom stereocenters. The molecule has 1 fully saturated rings. The summed E-state index contributed by atoms with van der Waals surface area (Å²) >= 11 is 0. The van der Waals surface area contributed by atoms with Gasteiger partial charge < -0.3 is 14.6 Å². The molecule has 1 saturated heterocycles. The van der Waals surface area contributed by atoms with E-state index in [4.69, 9.17) is 14.6 Å². The van der Waals surface area contributed by atoms with Crippen LogP contribution >= 0.6 is 0 Å². The van der Waals surface area contributed by atoms with Crippen LogP contribution in [0, 0.1) is 0 Å². The highest BCUT2D eigenvalue weighted by molar-refractivity contribution is 5.73. The Hall–Kier alpha value is -0.650. The Morgan fingerprint density at radius 1 is 1.73 bits per heavy atom. The molecule has 15 heavy (non-hydrogen) atoms. The first-order valence-corrected chi connectivity index (χ1v) is 5.18. The maximum absolute atomic E-state index is 10.9. The molecule has 5 nitrogen and oxygen atoms in total. The number of carboxylic acid groups (broad SMARTS) is 1. The second kappa shape index (κ2) is 6.05. The average molecular weight is 217 g/mol. The fourth-order valence-corrected chi connectivity index (χ4v) is 1.78. The number of aliphatic carboxylic acids is 1. The average Bonchev–Trinajstić information content (AvgIpc) is 2.65. The molecule has 1 heterocycles. The van der Waals surface area contributed by atoms with Gasteiger partial charge in [-0.3, -0.25) is 9.69 Å². The van der Waals surface area contributed by atoms with E-state index in [0.717, 1.165) is 19.4 Å². The maximum atomic E-state index is 10.9. The Labute approximate surface area is 90.0 Å². The summed E-state index contributed by atoms with van der Waals surface area (Å²) in [6.45, 7) is 1.65. The van der Waals surface area contributed by atoms with Crippen LogP contribution in [0.2, 0.25) is 0 Å². The zero-order valence-corrected chi connectivity index (χ0v) is 9.31. The standard InChI is InChI=1S/C10H19NO4/c1-11(6-8-4-3-5-15-8)9(7-14-2)10(12)13/h8-9H,3-7H2,1-2H3,(H,12,13). The van der Waals surface area contributed by atoms with Gasteiger partial charge in [-0.15, -0.1) is 0 Å². The first-order valence-electron chi connectivity index (χ1n) is 5.18. The number of hydrogen-bond donors (Lipinski definition) is 1. The Kier molecular flexibility index (Phi) is 5.01. The molecule has 0 bridgehead atoms. The van der Waals surface area contributed by atoms with Gasteiger partial charge in [-0.1, -0.05) is 0 Å². The van der Waals surface area contributed by atoms with Gasteiger partial charge in [-0.2, -0.15) is 0 Å². The number of nitrogens with zero attached hydrogens (tertiary/aromatic N) is 1. The van der Waals surface area contributed by atoms with Crippen LogP contribution in [0.5, 0.6) is 0 Å². The van der Waals surface area contributed by atoms with Crippen LogP contribution in [-0.4, -0.2) is 62.0 Å². The van der Waals surface area contributed by atoms with Crippen molar-refractivity contribution in [1.29, 1.82) is 0 Å². The molecular formula is C10H19NO4. The molecule has 1 aliphatic rings. The summed E-state index contributed by atoms with van der Waals surface area (Å²) in [6, 6.07) is -0.584. The second-order valence-corrected chi connectivity index (χ2v) is 3.88. The number of methoxy groups -OCH3 is 1. The SMILES string of the molecule is COCC(C(=O)O)N(C)CC1CCCO1. The molecule has 0 radical (unpaired) electrons. The van der Waals surface area contributed by atoms with Crippen LogP contribution in [0.15, 0.2) is 0 Å². The molecule has 2 unspecified atom stereocenters. The first-order chi connectivity index (χ1) is 7.15. The van der Waals surface area contributed by atoms with Crippen LogP contribution in [-0.2, 0) is 14.3 Å². The lowest BCUT2D eigenvalue weighted by atomic mass is 10.2. The van der Waals surface area contributed by atoms with E-state index in [1.807, 2.05) is 0 Å². The van der Waals surface area contributed by atoms with E-state index in [2.05, 4.69) is 0 Å². The molecule has 0 spiro atoms. The fourth-order valence-electron chi connectivity index (χ4n) is 1.78. The second-order valence-electron chi connectivity index (χ2n) is 3.88. The van der Waals surface area contributed by atoms with Crippen molar-refractivity contribution >= 4 is 5.97 Å². The molecule has 1 rings (SSSR count). The van der Waals surface area contributed by atoms with Crippen molar-refractivity contribution in [2.75, 3.05) is 33.9 Å². The third kappa shape index (κ3) is 3.77. The molecule has 5 heteroatoms. The molecule has 0 saturated carbocycles. The summed E-state index contributed by atoms with van der Waals surface area (Å²) in [5, 5.41) is 8.99.